The zero-order valence-corrected chi connectivity index (χ0v) is 11.1. The van der Waals surface area contributed by atoms with Gasteiger partial charge in [-0.25, -0.2) is 0 Å². The second-order valence-electron chi connectivity index (χ2n) is 5.33. The molecule has 0 aromatic heterocycles. The van der Waals surface area contributed by atoms with Crippen LogP contribution in [-0.2, 0) is 0 Å². The third-order valence-electron chi connectivity index (χ3n) is 3.89. The van der Waals surface area contributed by atoms with Gasteiger partial charge in [-0.3, -0.25) is 0 Å². The molecular formula is C14H20N2O3. The predicted octanol–water partition coefficient (Wildman–Crippen LogP) is 1.25. The highest BCUT2D eigenvalue weighted by Crippen LogP contribution is 2.39. The lowest BCUT2D eigenvalue weighted by molar-refractivity contribution is 0.0971. The molecule has 1 aromatic carbocycles. The van der Waals surface area contributed by atoms with E-state index in [1.165, 1.54) is 0 Å². The summed E-state index contributed by atoms with van der Waals surface area (Å²) in [7, 11) is 0. The number of benzene rings is 1. The van der Waals surface area contributed by atoms with E-state index in [4.69, 9.17) is 15.2 Å². The average Bonchev–Trinajstić information content (AvgIpc) is 2.41. The first-order chi connectivity index (χ1) is 9.15. The first-order valence-electron chi connectivity index (χ1n) is 6.77. The first-order valence-corrected chi connectivity index (χ1v) is 6.77. The summed E-state index contributed by atoms with van der Waals surface area (Å²) in [6.07, 6.45) is 0.560. The Morgan fingerprint density at radius 3 is 2.63 bits per heavy atom. The minimum atomic E-state index is -0.213. The monoisotopic (exact) mass is 264 g/mol. The lowest BCUT2D eigenvalue weighted by atomic mass is 9.96. The van der Waals surface area contributed by atoms with Crippen LogP contribution in [0.5, 0.6) is 11.5 Å². The number of ether oxygens (including phenoxy) is 2. The molecule has 0 aliphatic carbocycles. The van der Waals surface area contributed by atoms with E-state index >= 15 is 0 Å². The van der Waals surface area contributed by atoms with Gasteiger partial charge in [0.2, 0.25) is 0 Å². The van der Waals surface area contributed by atoms with Crippen molar-refractivity contribution in [3.63, 3.8) is 0 Å². The third-order valence-corrected chi connectivity index (χ3v) is 3.89. The lowest BCUT2D eigenvalue weighted by Gasteiger charge is -2.37. The highest BCUT2D eigenvalue weighted by molar-refractivity contribution is 5.73. The van der Waals surface area contributed by atoms with Crippen LogP contribution in [0.3, 0.4) is 0 Å². The Morgan fingerprint density at radius 2 is 1.95 bits per heavy atom. The molecule has 2 aliphatic rings. The van der Waals surface area contributed by atoms with Crippen LogP contribution in [0.1, 0.15) is 13.3 Å². The smallest absolute Gasteiger partial charge is 0.163 e. The normalized spacial score (nSPS) is 26.3. The van der Waals surface area contributed by atoms with E-state index in [1.54, 1.807) is 0 Å². The van der Waals surface area contributed by atoms with E-state index in [-0.39, 0.29) is 12.0 Å². The maximum Gasteiger partial charge on any atom is 0.163 e. The number of anilines is 2. The number of nitrogens with zero attached hydrogens (tertiary/aromatic N) is 1. The molecule has 0 amide bonds. The molecule has 5 heteroatoms. The fourth-order valence-electron chi connectivity index (χ4n) is 2.72. The molecular weight excluding hydrogens is 244 g/mol. The number of piperidine rings is 1. The van der Waals surface area contributed by atoms with Crippen molar-refractivity contribution in [1.82, 2.24) is 0 Å². The molecule has 0 bridgehead atoms. The van der Waals surface area contributed by atoms with Crippen molar-refractivity contribution in [3.05, 3.63) is 12.1 Å². The second-order valence-corrected chi connectivity index (χ2v) is 5.33. The van der Waals surface area contributed by atoms with Crippen LogP contribution in [0.4, 0.5) is 11.4 Å². The molecule has 2 unspecified atom stereocenters. The Labute approximate surface area is 112 Å². The number of hydrogen-bond acceptors (Lipinski definition) is 5. The van der Waals surface area contributed by atoms with Crippen LogP contribution in [0.2, 0.25) is 0 Å². The third kappa shape index (κ3) is 2.30. The number of hydrogen-bond donors (Lipinski definition) is 2. The van der Waals surface area contributed by atoms with Crippen molar-refractivity contribution in [3.8, 4) is 11.5 Å². The van der Waals surface area contributed by atoms with Gasteiger partial charge in [-0.1, -0.05) is 6.92 Å². The number of rotatable bonds is 1. The largest absolute Gasteiger partial charge is 0.486 e. The molecule has 2 aliphatic heterocycles. The topological polar surface area (TPSA) is 68.0 Å². The fraction of sp³-hybridized carbons (Fsp3) is 0.571. The Balaban J connectivity index is 1.88. The summed E-state index contributed by atoms with van der Waals surface area (Å²) >= 11 is 0. The van der Waals surface area contributed by atoms with Gasteiger partial charge in [0.05, 0.1) is 17.5 Å². The minimum Gasteiger partial charge on any atom is -0.486 e. The van der Waals surface area contributed by atoms with Gasteiger partial charge in [0.15, 0.2) is 11.5 Å². The van der Waals surface area contributed by atoms with E-state index in [1.807, 2.05) is 12.1 Å². The number of fused-ring (bicyclic) bond motifs is 1. The van der Waals surface area contributed by atoms with Gasteiger partial charge in [-0.05, 0) is 12.3 Å². The molecule has 1 saturated heterocycles. The van der Waals surface area contributed by atoms with Crippen LogP contribution in [0, 0.1) is 5.92 Å². The van der Waals surface area contributed by atoms with Gasteiger partial charge in [-0.2, -0.15) is 0 Å². The van der Waals surface area contributed by atoms with Crippen molar-refractivity contribution in [1.29, 1.82) is 0 Å². The van der Waals surface area contributed by atoms with Gasteiger partial charge >= 0.3 is 0 Å². The summed E-state index contributed by atoms with van der Waals surface area (Å²) in [5, 5.41) is 9.80. The summed E-state index contributed by atoms with van der Waals surface area (Å²) < 4.78 is 11.1. The summed E-state index contributed by atoms with van der Waals surface area (Å²) in [4.78, 5) is 2.21. The standard InChI is InChI=1S/C14H20N2O3/c1-9-8-16(3-2-12(9)17)11-7-14-13(6-10(11)15)18-4-5-19-14/h6-7,9,12,17H,2-5,8,15H2,1H3. The average molecular weight is 264 g/mol. The SMILES string of the molecule is CC1CN(c2cc3c(cc2N)OCCO3)CCC1O. The van der Waals surface area contributed by atoms with E-state index in [2.05, 4.69) is 11.8 Å². The Hall–Kier alpha value is -1.62. The number of aliphatic hydroxyl groups is 1. The van der Waals surface area contributed by atoms with Crippen LogP contribution < -0.4 is 20.1 Å². The second kappa shape index (κ2) is 4.81. The van der Waals surface area contributed by atoms with Crippen LogP contribution >= 0.6 is 0 Å². The highest BCUT2D eigenvalue weighted by Gasteiger charge is 2.26. The molecule has 19 heavy (non-hydrogen) atoms. The Kier molecular flexibility index (Phi) is 3.14. The summed E-state index contributed by atoms with van der Waals surface area (Å²) in [6.45, 7) is 4.83. The molecule has 0 saturated carbocycles. The van der Waals surface area contributed by atoms with Gasteiger partial charge in [0.1, 0.15) is 13.2 Å². The maximum atomic E-state index is 9.80. The van der Waals surface area contributed by atoms with Crippen molar-refractivity contribution in [2.75, 3.05) is 36.9 Å². The molecule has 1 aromatic rings. The van der Waals surface area contributed by atoms with Gasteiger partial charge in [0.25, 0.3) is 0 Å². The first kappa shape index (κ1) is 12.4. The van der Waals surface area contributed by atoms with E-state index < -0.39 is 0 Å². The van der Waals surface area contributed by atoms with Crippen LogP contribution in [0.25, 0.3) is 0 Å². The molecule has 0 radical (unpaired) electrons. The molecule has 0 spiro atoms. The quantitative estimate of drug-likeness (QED) is 0.747. The van der Waals surface area contributed by atoms with Gasteiger partial charge in [-0.15, -0.1) is 0 Å². The molecule has 1 fully saturated rings. The molecule has 104 valence electrons. The van der Waals surface area contributed by atoms with E-state index in [0.29, 0.717) is 18.9 Å². The summed E-state index contributed by atoms with van der Waals surface area (Å²) in [5.74, 6) is 1.73. The molecule has 2 atom stereocenters. The zero-order valence-electron chi connectivity index (χ0n) is 11.1. The lowest BCUT2D eigenvalue weighted by Crippen LogP contribution is -2.42. The van der Waals surface area contributed by atoms with Gasteiger partial charge < -0.3 is 25.2 Å². The van der Waals surface area contributed by atoms with Crippen molar-refractivity contribution in [2.45, 2.75) is 19.4 Å². The zero-order chi connectivity index (χ0) is 13.4. The fourth-order valence-corrected chi connectivity index (χ4v) is 2.72. The maximum absolute atomic E-state index is 9.80. The van der Waals surface area contributed by atoms with Gasteiger partial charge in [0, 0.05) is 25.2 Å². The Morgan fingerprint density at radius 1 is 1.26 bits per heavy atom. The number of aliphatic hydroxyl groups excluding tert-OH is 1. The Bertz CT molecular complexity index is 478. The van der Waals surface area contributed by atoms with Crippen LogP contribution in [0.15, 0.2) is 12.1 Å². The highest BCUT2D eigenvalue weighted by atomic mass is 16.6. The molecule has 3 rings (SSSR count). The van der Waals surface area contributed by atoms with Crippen LogP contribution in [-0.4, -0.2) is 37.5 Å². The van der Waals surface area contributed by atoms with Crippen molar-refractivity contribution >= 4 is 11.4 Å². The predicted molar refractivity (Wildman–Crippen MR) is 73.8 cm³/mol. The molecule has 5 nitrogen and oxygen atoms in total. The summed E-state index contributed by atoms with van der Waals surface area (Å²) in [6, 6.07) is 3.79. The van der Waals surface area contributed by atoms with E-state index in [9.17, 15) is 5.11 Å². The minimum absolute atomic E-state index is 0.213. The van der Waals surface area contributed by atoms with E-state index in [0.717, 1.165) is 36.7 Å². The van der Waals surface area contributed by atoms with Crippen molar-refractivity contribution in [2.24, 2.45) is 5.92 Å². The summed E-state index contributed by atoms with van der Waals surface area (Å²) in [5.41, 5.74) is 7.79. The van der Waals surface area contributed by atoms with Crippen molar-refractivity contribution < 1.29 is 14.6 Å². The number of nitrogens with two attached hydrogens (primary N) is 1. The number of nitrogen functional groups attached to an aromatic ring is 1. The molecule has 3 N–H and O–H groups in total. The molecule has 2 heterocycles.